The van der Waals surface area contributed by atoms with E-state index in [2.05, 4.69) is 24.6 Å². The second kappa shape index (κ2) is 6.24. The molecule has 0 aliphatic rings. The molecule has 6 heteroatoms. The van der Waals surface area contributed by atoms with Crippen molar-refractivity contribution in [2.24, 2.45) is 0 Å². The van der Waals surface area contributed by atoms with E-state index in [0.717, 1.165) is 17.1 Å². The Morgan fingerprint density at radius 1 is 1.35 bits per heavy atom. The van der Waals surface area contributed by atoms with Gasteiger partial charge in [-0.2, -0.15) is 0 Å². The zero-order valence-corrected chi connectivity index (χ0v) is 13.9. The van der Waals surface area contributed by atoms with Crippen molar-refractivity contribution in [3.05, 3.63) is 29.8 Å². The zero-order valence-electron chi connectivity index (χ0n) is 12.1. The number of rotatable bonds is 6. The predicted octanol–water partition coefficient (Wildman–Crippen LogP) is 4.23. The third kappa shape index (κ3) is 3.81. The van der Waals surface area contributed by atoms with Crippen molar-refractivity contribution < 1.29 is 9.13 Å². The van der Waals surface area contributed by atoms with Gasteiger partial charge in [-0.15, -0.1) is 11.6 Å². The van der Waals surface area contributed by atoms with Gasteiger partial charge in [0.15, 0.2) is 0 Å². The molecule has 0 spiro atoms. The Labute approximate surface area is 124 Å². The van der Waals surface area contributed by atoms with E-state index < -0.39 is 8.07 Å². The number of hydrogen-bond acceptors (Lipinski definition) is 2. The van der Waals surface area contributed by atoms with Gasteiger partial charge in [-0.25, -0.2) is 9.37 Å². The van der Waals surface area contributed by atoms with E-state index in [9.17, 15) is 4.39 Å². The van der Waals surface area contributed by atoms with E-state index in [1.807, 2.05) is 4.57 Å². The molecule has 3 nitrogen and oxygen atoms in total. The van der Waals surface area contributed by atoms with Gasteiger partial charge in [0, 0.05) is 14.7 Å². The summed E-state index contributed by atoms with van der Waals surface area (Å²) in [6.45, 7) is 8.01. The Morgan fingerprint density at radius 2 is 2.10 bits per heavy atom. The summed E-state index contributed by atoms with van der Waals surface area (Å²) in [7, 11) is -1.10. The van der Waals surface area contributed by atoms with E-state index in [1.165, 1.54) is 12.1 Å². The maximum absolute atomic E-state index is 13.4. The molecule has 0 saturated heterocycles. The van der Waals surface area contributed by atoms with Gasteiger partial charge in [0.1, 0.15) is 18.4 Å². The Kier molecular flexibility index (Phi) is 4.83. The maximum Gasteiger partial charge on any atom is 0.126 e. The molecular weight excluding hydrogens is 295 g/mol. The third-order valence-corrected chi connectivity index (χ3v) is 5.07. The van der Waals surface area contributed by atoms with Gasteiger partial charge in [-0.05, 0) is 24.2 Å². The van der Waals surface area contributed by atoms with Gasteiger partial charge >= 0.3 is 0 Å². The Balaban J connectivity index is 2.13. The summed E-state index contributed by atoms with van der Waals surface area (Å²) < 4.78 is 20.9. The van der Waals surface area contributed by atoms with Crippen LogP contribution in [0.3, 0.4) is 0 Å². The molecule has 0 saturated carbocycles. The number of benzene rings is 1. The lowest BCUT2D eigenvalue weighted by molar-refractivity contribution is 0.0883. The lowest BCUT2D eigenvalue weighted by Crippen LogP contribution is -2.22. The Hall–Kier alpha value is -0.913. The summed E-state index contributed by atoms with van der Waals surface area (Å²) in [5, 5.41) is 0. The van der Waals surface area contributed by atoms with Crippen LogP contribution in [0.5, 0.6) is 0 Å². The van der Waals surface area contributed by atoms with Crippen molar-refractivity contribution in [2.45, 2.75) is 38.3 Å². The molecule has 1 aromatic heterocycles. The van der Waals surface area contributed by atoms with Crippen molar-refractivity contribution >= 4 is 30.7 Å². The predicted molar refractivity (Wildman–Crippen MR) is 83.4 cm³/mol. The summed E-state index contributed by atoms with van der Waals surface area (Å²) in [5.41, 5.74) is 1.48. The highest BCUT2D eigenvalue weighted by atomic mass is 35.5. The highest BCUT2D eigenvalue weighted by Crippen LogP contribution is 2.19. The molecule has 2 rings (SSSR count). The quantitative estimate of drug-likeness (QED) is 0.453. The van der Waals surface area contributed by atoms with Crippen LogP contribution < -0.4 is 0 Å². The number of fused-ring (bicyclic) bond motifs is 1. The number of hydrogen-bond donors (Lipinski definition) is 0. The molecule has 0 unspecified atom stereocenters. The van der Waals surface area contributed by atoms with Crippen LogP contribution in [-0.4, -0.2) is 24.2 Å². The van der Waals surface area contributed by atoms with Gasteiger partial charge in [0.25, 0.3) is 0 Å². The van der Waals surface area contributed by atoms with E-state index in [4.69, 9.17) is 16.3 Å². The summed E-state index contributed by atoms with van der Waals surface area (Å²) in [6, 6.07) is 5.65. The molecule has 1 aromatic carbocycles. The minimum Gasteiger partial charge on any atom is -0.361 e. The van der Waals surface area contributed by atoms with Gasteiger partial charge in [0.2, 0.25) is 0 Å². The van der Waals surface area contributed by atoms with Crippen LogP contribution in [0, 0.1) is 5.82 Å². The number of alkyl halides is 1. The Bertz CT molecular complexity index is 595. The van der Waals surface area contributed by atoms with Gasteiger partial charge in [-0.1, -0.05) is 19.6 Å². The number of imidazole rings is 1. The molecule has 0 amide bonds. The van der Waals surface area contributed by atoms with Crippen LogP contribution in [0.2, 0.25) is 25.7 Å². The van der Waals surface area contributed by atoms with E-state index in [1.54, 1.807) is 6.07 Å². The van der Waals surface area contributed by atoms with Crippen molar-refractivity contribution in [3.8, 4) is 0 Å². The molecule has 0 aliphatic heterocycles. The van der Waals surface area contributed by atoms with Crippen molar-refractivity contribution in [1.29, 1.82) is 0 Å². The lowest BCUT2D eigenvalue weighted by atomic mass is 10.3. The molecule has 0 aliphatic carbocycles. The molecular formula is C14H20ClFN2OSi. The average Bonchev–Trinajstić information content (AvgIpc) is 2.71. The fraction of sp³-hybridized carbons (Fsp3) is 0.500. The first kappa shape index (κ1) is 15.5. The molecule has 0 bridgehead atoms. The standard InChI is InChI=1S/C14H20ClFN2OSi/c1-20(2,3)7-6-19-10-18-13-8-11(16)4-5-12(13)17-14(18)9-15/h4-5,8H,6-7,9-10H2,1-3H3. The van der Waals surface area contributed by atoms with E-state index >= 15 is 0 Å². The second-order valence-corrected chi connectivity index (χ2v) is 12.0. The lowest BCUT2D eigenvalue weighted by Gasteiger charge is -2.16. The monoisotopic (exact) mass is 314 g/mol. The second-order valence-electron chi connectivity index (χ2n) is 6.07. The number of nitrogens with zero attached hydrogens (tertiary/aromatic N) is 2. The zero-order chi connectivity index (χ0) is 14.8. The van der Waals surface area contributed by atoms with Gasteiger partial charge in [0.05, 0.1) is 16.9 Å². The summed E-state index contributed by atoms with van der Waals surface area (Å²) in [5.74, 6) is 0.718. The average molecular weight is 315 g/mol. The highest BCUT2D eigenvalue weighted by Gasteiger charge is 2.14. The molecule has 110 valence electrons. The maximum atomic E-state index is 13.4. The molecule has 0 radical (unpaired) electrons. The number of ether oxygens (including phenoxy) is 1. The van der Waals surface area contributed by atoms with Crippen molar-refractivity contribution in [3.63, 3.8) is 0 Å². The first-order chi connectivity index (χ1) is 9.40. The summed E-state index contributed by atoms with van der Waals surface area (Å²) >= 11 is 5.90. The summed E-state index contributed by atoms with van der Waals surface area (Å²) in [4.78, 5) is 4.39. The third-order valence-electron chi connectivity index (χ3n) is 3.13. The summed E-state index contributed by atoms with van der Waals surface area (Å²) in [6.07, 6.45) is 0. The van der Waals surface area contributed by atoms with Crippen molar-refractivity contribution in [1.82, 2.24) is 9.55 Å². The molecule has 2 aromatic rings. The van der Waals surface area contributed by atoms with Crippen LogP contribution in [0.4, 0.5) is 4.39 Å². The van der Waals surface area contributed by atoms with Crippen LogP contribution in [0.25, 0.3) is 11.0 Å². The number of halogens is 2. The SMILES string of the molecule is C[Si](C)(C)CCOCn1c(CCl)nc2ccc(F)cc21. The molecule has 20 heavy (non-hydrogen) atoms. The fourth-order valence-corrected chi connectivity index (χ4v) is 2.89. The van der Waals surface area contributed by atoms with Crippen LogP contribution in [-0.2, 0) is 17.3 Å². The van der Waals surface area contributed by atoms with E-state index in [0.29, 0.717) is 19.2 Å². The van der Waals surface area contributed by atoms with Gasteiger partial charge in [-0.3, -0.25) is 0 Å². The first-order valence-corrected chi connectivity index (χ1v) is 10.9. The van der Waals surface area contributed by atoms with Crippen molar-refractivity contribution in [2.75, 3.05) is 6.61 Å². The molecule has 0 atom stereocenters. The largest absolute Gasteiger partial charge is 0.361 e. The smallest absolute Gasteiger partial charge is 0.126 e. The fourth-order valence-electron chi connectivity index (χ4n) is 1.93. The molecule has 0 N–H and O–H groups in total. The van der Waals surface area contributed by atoms with Crippen LogP contribution in [0.15, 0.2) is 18.2 Å². The molecule has 0 fully saturated rings. The van der Waals surface area contributed by atoms with Crippen LogP contribution >= 0.6 is 11.6 Å². The topological polar surface area (TPSA) is 27.1 Å². The normalized spacial score (nSPS) is 12.2. The first-order valence-electron chi connectivity index (χ1n) is 6.69. The molecule has 1 heterocycles. The van der Waals surface area contributed by atoms with Gasteiger partial charge < -0.3 is 9.30 Å². The highest BCUT2D eigenvalue weighted by molar-refractivity contribution is 6.76. The Morgan fingerprint density at radius 3 is 2.75 bits per heavy atom. The minimum atomic E-state index is -1.10. The van der Waals surface area contributed by atoms with E-state index in [-0.39, 0.29) is 11.7 Å². The minimum absolute atomic E-state index is 0.276. The van der Waals surface area contributed by atoms with Crippen LogP contribution in [0.1, 0.15) is 5.82 Å². The number of aromatic nitrogens is 2.